The first-order valence-electron chi connectivity index (χ1n) is 5.02. The summed E-state index contributed by atoms with van der Waals surface area (Å²) in [5, 5.41) is 7.62. The van der Waals surface area contributed by atoms with Crippen molar-refractivity contribution in [1.82, 2.24) is 5.32 Å². The first-order chi connectivity index (χ1) is 7.93. The number of nitrogens with two attached hydrogens (primary N) is 2. The molecule has 1 amide bonds. The van der Waals surface area contributed by atoms with Gasteiger partial charge in [-0.25, -0.2) is 13.6 Å². The first kappa shape index (κ1) is 13.6. The normalized spacial score (nSPS) is 11.2. The van der Waals surface area contributed by atoms with E-state index in [1.54, 1.807) is 12.1 Å². The van der Waals surface area contributed by atoms with E-state index in [1.165, 1.54) is 12.1 Å². The van der Waals surface area contributed by atoms with Crippen molar-refractivity contribution in [1.29, 1.82) is 0 Å². The van der Waals surface area contributed by atoms with Crippen LogP contribution in [0, 0.1) is 0 Å². The Morgan fingerprint density at radius 3 is 2.29 bits per heavy atom. The molecule has 5 N–H and O–H groups in total. The average molecular weight is 257 g/mol. The fourth-order valence-electron chi connectivity index (χ4n) is 1.22. The molecule has 0 radical (unpaired) electrons. The Labute approximate surface area is 100 Å². The van der Waals surface area contributed by atoms with E-state index >= 15 is 0 Å². The average Bonchev–Trinajstić information content (AvgIpc) is 2.26. The zero-order valence-corrected chi connectivity index (χ0v) is 10.0. The highest BCUT2D eigenvalue weighted by molar-refractivity contribution is 7.89. The quantitative estimate of drug-likeness (QED) is 0.646. The minimum Gasteiger partial charge on any atom is -0.352 e. The van der Waals surface area contributed by atoms with Gasteiger partial charge in [0.15, 0.2) is 0 Å². The van der Waals surface area contributed by atoms with Crippen LogP contribution in [0.15, 0.2) is 29.2 Å². The molecular weight excluding hydrogens is 242 g/mol. The molecule has 0 aliphatic carbocycles. The molecule has 0 aromatic heterocycles. The highest BCUT2D eigenvalue weighted by Gasteiger charge is 2.06. The maximum atomic E-state index is 11.1. The summed E-state index contributed by atoms with van der Waals surface area (Å²) in [5.74, 6) is -0.136. The maximum absolute atomic E-state index is 11.1. The van der Waals surface area contributed by atoms with Crippen LogP contribution in [0.5, 0.6) is 0 Å². The molecule has 6 nitrogen and oxygen atoms in total. The highest BCUT2D eigenvalue weighted by Crippen LogP contribution is 2.08. The van der Waals surface area contributed by atoms with Crippen molar-refractivity contribution in [2.45, 2.75) is 17.9 Å². The number of sulfonamides is 1. The summed E-state index contributed by atoms with van der Waals surface area (Å²) in [5.41, 5.74) is 6.02. The number of hydrogen-bond donors (Lipinski definition) is 3. The number of benzene rings is 1. The predicted molar refractivity (Wildman–Crippen MR) is 63.3 cm³/mol. The van der Waals surface area contributed by atoms with Gasteiger partial charge < -0.3 is 11.1 Å². The van der Waals surface area contributed by atoms with Gasteiger partial charge in [0, 0.05) is 19.5 Å². The van der Waals surface area contributed by atoms with Gasteiger partial charge in [-0.2, -0.15) is 0 Å². The van der Waals surface area contributed by atoms with Crippen LogP contribution in [-0.2, 0) is 21.4 Å². The van der Waals surface area contributed by atoms with Crippen molar-refractivity contribution in [3.63, 3.8) is 0 Å². The Morgan fingerprint density at radius 2 is 1.82 bits per heavy atom. The molecule has 0 saturated carbocycles. The summed E-state index contributed by atoms with van der Waals surface area (Å²) in [6.07, 6.45) is 0.273. The third-order valence-electron chi connectivity index (χ3n) is 2.11. The second kappa shape index (κ2) is 5.76. The van der Waals surface area contributed by atoms with Crippen LogP contribution < -0.4 is 16.2 Å². The van der Waals surface area contributed by atoms with Crippen molar-refractivity contribution in [2.24, 2.45) is 10.9 Å². The summed E-state index contributed by atoms with van der Waals surface area (Å²) in [6.45, 7) is 0.639. The van der Waals surface area contributed by atoms with E-state index in [9.17, 15) is 13.2 Å². The molecule has 1 rings (SSSR count). The lowest BCUT2D eigenvalue weighted by Crippen LogP contribution is -2.25. The van der Waals surface area contributed by atoms with E-state index in [4.69, 9.17) is 10.9 Å². The van der Waals surface area contributed by atoms with Gasteiger partial charge in [0.1, 0.15) is 0 Å². The van der Waals surface area contributed by atoms with Gasteiger partial charge in [0.2, 0.25) is 15.9 Å². The van der Waals surface area contributed by atoms with Crippen molar-refractivity contribution < 1.29 is 13.2 Å². The molecule has 0 aliphatic rings. The topological polar surface area (TPSA) is 115 Å². The van der Waals surface area contributed by atoms with E-state index in [-0.39, 0.29) is 17.2 Å². The zero-order chi connectivity index (χ0) is 12.9. The Balaban J connectivity index is 2.60. The summed E-state index contributed by atoms with van der Waals surface area (Å²) in [6, 6.07) is 6.00. The predicted octanol–water partition coefficient (Wildman–Crippen LogP) is -0.701. The monoisotopic (exact) mass is 257 g/mol. The van der Waals surface area contributed by atoms with Gasteiger partial charge in [-0.1, -0.05) is 12.1 Å². The Hall–Kier alpha value is -1.44. The van der Waals surface area contributed by atoms with Crippen LogP contribution in [0.3, 0.4) is 0 Å². The van der Waals surface area contributed by atoms with E-state index in [0.717, 1.165) is 5.56 Å². The van der Waals surface area contributed by atoms with E-state index < -0.39 is 10.0 Å². The summed E-state index contributed by atoms with van der Waals surface area (Å²) >= 11 is 0. The molecule has 0 saturated heterocycles. The minimum atomic E-state index is -3.66. The number of primary sulfonamides is 1. The lowest BCUT2D eigenvalue weighted by molar-refractivity contribution is -0.121. The van der Waals surface area contributed by atoms with Gasteiger partial charge in [0.25, 0.3) is 0 Å². The third kappa shape index (κ3) is 4.51. The Kier molecular flexibility index (Phi) is 4.62. The molecule has 0 atom stereocenters. The maximum Gasteiger partial charge on any atom is 0.238 e. The molecule has 0 spiro atoms. The Bertz CT molecular complexity index is 482. The highest BCUT2D eigenvalue weighted by atomic mass is 32.2. The van der Waals surface area contributed by atoms with Gasteiger partial charge >= 0.3 is 0 Å². The van der Waals surface area contributed by atoms with Crippen LogP contribution in [0.1, 0.15) is 12.0 Å². The molecule has 94 valence electrons. The molecule has 0 bridgehead atoms. The molecule has 0 fully saturated rings. The smallest absolute Gasteiger partial charge is 0.238 e. The molecule has 17 heavy (non-hydrogen) atoms. The number of carbonyl (C=O) groups excluding carboxylic acids is 1. The second-order valence-electron chi connectivity index (χ2n) is 3.50. The number of amides is 1. The summed E-state index contributed by atoms with van der Waals surface area (Å²) < 4.78 is 22.0. The lowest BCUT2D eigenvalue weighted by Gasteiger charge is -2.05. The molecule has 7 heteroatoms. The van der Waals surface area contributed by atoms with Gasteiger partial charge in [-0.05, 0) is 17.7 Å². The van der Waals surface area contributed by atoms with Crippen molar-refractivity contribution in [2.75, 3.05) is 6.54 Å². The fourth-order valence-corrected chi connectivity index (χ4v) is 1.73. The molecule has 0 unspecified atom stereocenters. The van der Waals surface area contributed by atoms with Crippen LogP contribution in [-0.4, -0.2) is 20.9 Å². The van der Waals surface area contributed by atoms with E-state index in [0.29, 0.717) is 13.1 Å². The van der Waals surface area contributed by atoms with Gasteiger partial charge in [-0.15, -0.1) is 0 Å². The van der Waals surface area contributed by atoms with E-state index in [2.05, 4.69) is 5.32 Å². The number of nitrogens with one attached hydrogen (secondary N) is 1. The summed E-state index contributed by atoms with van der Waals surface area (Å²) in [7, 11) is -3.66. The second-order valence-corrected chi connectivity index (χ2v) is 5.07. The number of carbonyl (C=O) groups is 1. The summed E-state index contributed by atoms with van der Waals surface area (Å²) in [4.78, 5) is 11.2. The van der Waals surface area contributed by atoms with Crippen LogP contribution >= 0.6 is 0 Å². The van der Waals surface area contributed by atoms with Crippen LogP contribution in [0.25, 0.3) is 0 Å². The molecule has 0 aliphatic heterocycles. The molecular formula is C10H15N3O3S. The first-order valence-corrected chi connectivity index (χ1v) is 6.56. The van der Waals surface area contributed by atoms with Crippen LogP contribution in [0.4, 0.5) is 0 Å². The Morgan fingerprint density at radius 1 is 1.24 bits per heavy atom. The largest absolute Gasteiger partial charge is 0.352 e. The fraction of sp³-hybridized carbons (Fsp3) is 0.300. The minimum absolute atomic E-state index is 0.0505. The zero-order valence-electron chi connectivity index (χ0n) is 9.22. The lowest BCUT2D eigenvalue weighted by atomic mass is 10.2. The van der Waals surface area contributed by atoms with Crippen molar-refractivity contribution in [3.8, 4) is 0 Å². The van der Waals surface area contributed by atoms with Crippen molar-refractivity contribution >= 4 is 15.9 Å². The molecule has 1 aromatic carbocycles. The number of hydrogen-bond acceptors (Lipinski definition) is 4. The standard InChI is InChI=1S/C10H15N3O3S/c11-6-5-10(14)13-7-8-1-3-9(4-2-8)17(12,15)16/h1-4H,5-7,11H2,(H,13,14)(H2,12,15,16). The van der Waals surface area contributed by atoms with Gasteiger partial charge in [0.05, 0.1) is 4.90 Å². The third-order valence-corrected chi connectivity index (χ3v) is 3.04. The van der Waals surface area contributed by atoms with Crippen molar-refractivity contribution in [3.05, 3.63) is 29.8 Å². The van der Waals surface area contributed by atoms with E-state index in [1.807, 2.05) is 0 Å². The molecule has 1 aromatic rings. The number of rotatable bonds is 5. The SMILES string of the molecule is NCCC(=O)NCc1ccc(S(N)(=O)=O)cc1. The van der Waals surface area contributed by atoms with Gasteiger partial charge in [-0.3, -0.25) is 4.79 Å². The molecule has 0 heterocycles. The van der Waals surface area contributed by atoms with Crippen LogP contribution in [0.2, 0.25) is 0 Å².